The number of hydrogen-bond donors (Lipinski definition) is 3. The summed E-state index contributed by atoms with van der Waals surface area (Å²) in [5, 5.41) is 15.2. The fraction of sp³-hybridized carbons (Fsp3) is 0. The maximum atomic E-state index is 12.5. The molecule has 8 heteroatoms. The number of anilines is 3. The molecule has 3 aromatic rings. The predicted molar refractivity (Wildman–Crippen MR) is 105 cm³/mol. The van der Waals surface area contributed by atoms with Crippen molar-refractivity contribution < 1.29 is 14.7 Å². The van der Waals surface area contributed by atoms with Gasteiger partial charge in [0.25, 0.3) is 5.91 Å². The summed E-state index contributed by atoms with van der Waals surface area (Å²) in [6.45, 7) is 0. The summed E-state index contributed by atoms with van der Waals surface area (Å²) < 4.78 is 0. The smallest absolute Gasteiger partial charge is 0.335 e. The number of hydrogen-bond acceptors (Lipinski definition) is 4. The molecule has 0 aliphatic heterocycles. The first-order valence-electron chi connectivity index (χ1n) is 7.76. The molecule has 1 amide bonds. The third-order valence-corrected chi connectivity index (χ3v) is 4.24. The molecule has 0 saturated carbocycles. The number of aromatic carboxylic acids is 1. The number of nitrogens with one attached hydrogen (secondary N) is 2. The molecule has 0 unspecified atom stereocenters. The van der Waals surface area contributed by atoms with Crippen LogP contribution < -0.4 is 10.6 Å². The van der Waals surface area contributed by atoms with Gasteiger partial charge in [0.2, 0.25) is 0 Å². The highest BCUT2D eigenvalue weighted by atomic mass is 35.5. The molecule has 0 aliphatic carbocycles. The van der Waals surface area contributed by atoms with Crippen molar-refractivity contribution in [3.8, 4) is 0 Å². The second kappa shape index (κ2) is 8.07. The minimum Gasteiger partial charge on any atom is -0.478 e. The van der Waals surface area contributed by atoms with E-state index in [1.54, 1.807) is 42.5 Å². The van der Waals surface area contributed by atoms with Crippen LogP contribution >= 0.6 is 23.2 Å². The Labute approximate surface area is 164 Å². The molecule has 1 heterocycles. The van der Waals surface area contributed by atoms with E-state index in [-0.39, 0.29) is 21.2 Å². The third-order valence-electron chi connectivity index (χ3n) is 3.61. The molecule has 6 nitrogen and oxygen atoms in total. The van der Waals surface area contributed by atoms with Gasteiger partial charge in [0.1, 0.15) is 5.82 Å². The van der Waals surface area contributed by atoms with Crippen molar-refractivity contribution >= 4 is 52.3 Å². The fourth-order valence-electron chi connectivity index (χ4n) is 2.33. The van der Waals surface area contributed by atoms with Crippen LogP contribution in [0.5, 0.6) is 0 Å². The first-order chi connectivity index (χ1) is 12.9. The molecule has 0 aliphatic rings. The predicted octanol–water partition coefficient (Wildman–Crippen LogP) is 5.08. The average molecular weight is 402 g/mol. The van der Waals surface area contributed by atoms with Gasteiger partial charge in [-0.25, -0.2) is 9.78 Å². The number of amides is 1. The average Bonchev–Trinajstić information content (AvgIpc) is 2.62. The summed E-state index contributed by atoms with van der Waals surface area (Å²) in [6.07, 6.45) is 1.53. The number of benzene rings is 2. The van der Waals surface area contributed by atoms with Crippen LogP contribution in [0, 0.1) is 0 Å². The minimum absolute atomic E-state index is 0.186. The van der Waals surface area contributed by atoms with Crippen LogP contribution in [0.25, 0.3) is 0 Å². The number of carbonyl (C=O) groups is 2. The van der Waals surface area contributed by atoms with Crippen molar-refractivity contribution in [2.24, 2.45) is 0 Å². The molecule has 0 bridgehead atoms. The lowest BCUT2D eigenvalue weighted by Crippen LogP contribution is -2.13. The Balaban J connectivity index is 1.75. The Morgan fingerprint density at radius 1 is 0.926 bits per heavy atom. The molecule has 0 saturated heterocycles. The summed E-state index contributed by atoms with van der Waals surface area (Å²) >= 11 is 12.1. The number of halogens is 2. The van der Waals surface area contributed by atoms with Crippen LogP contribution in [0.2, 0.25) is 10.0 Å². The van der Waals surface area contributed by atoms with E-state index in [0.29, 0.717) is 17.2 Å². The Morgan fingerprint density at radius 2 is 1.59 bits per heavy atom. The van der Waals surface area contributed by atoms with Gasteiger partial charge in [-0.05, 0) is 42.5 Å². The van der Waals surface area contributed by atoms with Crippen LogP contribution in [0.4, 0.5) is 17.2 Å². The SMILES string of the molecule is O=C(O)c1ccc(Nc2cc(NC(=O)c3c(Cl)cccc3Cl)ccn2)cc1. The minimum atomic E-state index is -0.998. The molecule has 2 aromatic carbocycles. The molecule has 27 heavy (non-hydrogen) atoms. The van der Waals surface area contributed by atoms with E-state index in [0.717, 1.165) is 0 Å². The Kier molecular flexibility index (Phi) is 5.59. The van der Waals surface area contributed by atoms with Crippen LogP contribution in [0.1, 0.15) is 20.7 Å². The summed E-state index contributed by atoms with van der Waals surface area (Å²) in [4.78, 5) is 27.5. The van der Waals surface area contributed by atoms with Crippen molar-refractivity contribution in [1.29, 1.82) is 0 Å². The van der Waals surface area contributed by atoms with Gasteiger partial charge in [0, 0.05) is 23.6 Å². The van der Waals surface area contributed by atoms with Gasteiger partial charge in [0.15, 0.2) is 0 Å². The van der Waals surface area contributed by atoms with Gasteiger partial charge in [-0.2, -0.15) is 0 Å². The zero-order valence-electron chi connectivity index (χ0n) is 13.7. The monoisotopic (exact) mass is 401 g/mol. The highest BCUT2D eigenvalue weighted by molar-refractivity contribution is 6.40. The summed E-state index contributed by atoms with van der Waals surface area (Å²) in [5.41, 5.74) is 1.53. The van der Waals surface area contributed by atoms with E-state index in [1.165, 1.54) is 18.3 Å². The molecule has 136 valence electrons. The lowest BCUT2D eigenvalue weighted by Gasteiger charge is -2.10. The van der Waals surface area contributed by atoms with E-state index in [9.17, 15) is 9.59 Å². The summed E-state index contributed by atoms with van der Waals surface area (Å²) in [7, 11) is 0. The molecule has 3 rings (SSSR count). The summed E-state index contributed by atoms with van der Waals surface area (Å²) in [5.74, 6) is -0.961. The van der Waals surface area contributed by atoms with E-state index in [4.69, 9.17) is 28.3 Å². The van der Waals surface area contributed by atoms with Crippen molar-refractivity contribution in [3.05, 3.63) is 82.0 Å². The summed E-state index contributed by atoms with van der Waals surface area (Å²) in [6, 6.07) is 14.3. The second-order valence-corrected chi connectivity index (χ2v) is 6.30. The lowest BCUT2D eigenvalue weighted by atomic mass is 10.2. The zero-order chi connectivity index (χ0) is 19.4. The van der Waals surface area contributed by atoms with E-state index in [1.807, 2.05) is 0 Å². The third kappa shape index (κ3) is 4.55. The molecule has 0 spiro atoms. The Morgan fingerprint density at radius 3 is 2.22 bits per heavy atom. The first-order valence-corrected chi connectivity index (χ1v) is 8.51. The molecule has 3 N–H and O–H groups in total. The van der Waals surface area contributed by atoms with E-state index >= 15 is 0 Å². The molecule has 1 aromatic heterocycles. The maximum absolute atomic E-state index is 12.5. The highest BCUT2D eigenvalue weighted by Gasteiger charge is 2.15. The van der Waals surface area contributed by atoms with E-state index in [2.05, 4.69) is 15.6 Å². The number of carbonyl (C=O) groups excluding carboxylic acids is 1. The number of carboxylic acid groups (broad SMARTS) is 1. The number of pyridine rings is 1. The lowest BCUT2D eigenvalue weighted by molar-refractivity contribution is 0.0696. The first kappa shape index (κ1) is 18.7. The normalized spacial score (nSPS) is 10.3. The van der Waals surface area contributed by atoms with Gasteiger partial charge in [-0.3, -0.25) is 4.79 Å². The van der Waals surface area contributed by atoms with Gasteiger partial charge in [-0.1, -0.05) is 29.3 Å². The molecular formula is C19H13Cl2N3O3. The number of nitrogens with zero attached hydrogens (tertiary/aromatic N) is 1. The van der Waals surface area contributed by atoms with Crippen molar-refractivity contribution in [1.82, 2.24) is 4.98 Å². The zero-order valence-corrected chi connectivity index (χ0v) is 15.3. The maximum Gasteiger partial charge on any atom is 0.335 e. The number of aromatic nitrogens is 1. The standard InChI is InChI=1S/C19H13Cl2N3O3/c20-14-2-1-3-15(21)17(14)18(25)24-13-8-9-22-16(10-13)23-12-6-4-11(5-7-12)19(26)27/h1-10H,(H,26,27)(H2,22,23,24,25). The largest absolute Gasteiger partial charge is 0.478 e. The van der Waals surface area contributed by atoms with Crippen molar-refractivity contribution in [2.45, 2.75) is 0 Å². The Hall–Kier alpha value is -3.09. The van der Waals surface area contributed by atoms with Gasteiger partial charge in [0.05, 0.1) is 21.2 Å². The van der Waals surface area contributed by atoms with Crippen LogP contribution in [-0.2, 0) is 0 Å². The topological polar surface area (TPSA) is 91.3 Å². The molecule has 0 atom stereocenters. The fourth-order valence-corrected chi connectivity index (χ4v) is 2.90. The number of carboxylic acids is 1. The second-order valence-electron chi connectivity index (χ2n) is 5.49. The van der Waals surface area contributed by atoms with Gasteiger partial charge < -0.3 is 15.7 Å². The Bertz CT molecular complexity index is 987. The molecule has 0 radical (unpaired) electrons. The van der Waals surface area contributed by atoms with E-state index < -0.39 is 11.9 Å². The van der Waals surface area contributed by atoms with Crippen LogP contribution in [0.3, 0.4) is 0 Å². The van der Waals surface area contributed by atoms with Gasteiger partial charge in [-0.15, -0.1) is 0 Å². The van der Waals surface area contributed by atoms with Crippen molar-refractivity contribution in [3.63, 3.8) is 0 Å². The van der Waals surface area contributed by atoms with Crippen LogP contribution in [-0.4, -0.2) is 22.0 Å². The van der Waals surface area contributed by atoms with Crippen LogP contribution in [0.15, 0.2) is 60.8 Å². The molecule has 0 fully saturated rings. The number of rotatable bonds is 5. The highest BCUT2D eigenvalue weighted by Crippen LogP contribution is 2.26. The van der Waals surface area contributed by atoms with Gasteiger partial charge >= 0.3 is 5.97 Å². The van der Waals surface area contributed by atoms with Crippen molar-refractivity contribution in [2.75, 3.05) is 10.6 Å². The molecular weight excluding hydrogens is 389 g/mol. The quantitative estimate of drug-likeness (QED) is 0.554.